The van der Waals surface area contributed by atoms with Crippen LogP contribution in [0.2, 0.25) is 0 Å². The molecule has 1 N–H and O–H groups in total. The lowest BCUT2D eigenvalue weighted by atomic mass is 9.86. The normalized spacial score (nSPS) is 23.6. The van der Waals surface area contributed by atoms with Crippen molar-refractivity contribution in [2.75, 3.05) is 6.54 Å². The van der Waals surface area contributed by atoms with E-state index in [1.54, 1.807) is 0 Å². The van der Waals surface area contributed by atoms with Crippen LogP contribution in [0, 0.1) is 5.41 Å². The van der Waals surface area contributed by atoms with Crippen molar-refractivity contribution < 1.29 is 9.90 Å². The second-order valence-corrected chi connectivity index (χ2v) is 5.97. The fourth-order valence-corrected chi connectivity index (χ4v) is 2.45. The number of piperidine rings is 1. The van der Waals surface area contributed by atoms with Gasteiger partial charge in [0.15, 0.2) is 0 Å². The molecule has 0 bridgehead atoms. The quantitative estimate of drug-likeness (QED) is 0.822. The van der Waals surface area contributed by atoms with Crippen LogP contribution in [0.3, 0.4) is 0 Å². The molecule has 0 aliphatic carbocycles. The number of hydrogen-bond acceptors (Lipinski definition) is 2. The minimum atomic E-state index is -0.321. The fourth-order valence-electron chi connectivity index (χ4n) is 2.45. The van der Waals surface area contributed by atoms with E-state index in [2.05, 4.69) is 6.92 Å². The molecule has 0 aromatic carbocycles. The topological polar surface area (TPSA) is 40.5 Å². The van der Waals surface area contributed by atoms with Gasteiger partial charge in [-0.25, -0.2) is 0 Å². The lowest BCUT2D eigenvalue weighted by molar-refractivity contribution is -0.145. The Kier molecular flexibility index (Phi) is 4.99. The lowest BCUT2D eigenvalue weighted by Gasteiger charge is -2.40. The number of aliphatic hydroxyl groups is 1. The predicted molar refractivity (Wildman–Crippen MR) is 69.7 cm³/mol. The molecular weight excluding hydrogens is 214 g/mol. The van der Waals surface area contributed by atoms with E-state index in [-0.39, 0.29) is 23.5 Å². The van der Waals surface area contributed by atoms with E-state index < -0.39 is 0 Å². The number of nitrogens with zero attached hydrogens (tertiary/aromatic N) is 1. The number of rotatable bonds is 4. The van der Waals surface area contributed by atoms with Crippen molar-refractivity contribution in [1.29, 1.82) is 0 Å². The number of carbonyl (C=O) groups is 1. The highest BCUT2D eigenvalue weighted by molar-refractivity contribution is 5.82. The van der Waals surface area contributed by atoms with Crippen LogP contribution in [-0.2, 0) is 4.79 Å². The first-order valence-corrected chi connectivity index (χ1v) is 6.87. The first-order chi connectivity index (χ1) is 7.88. The Labute approximate surface area is 105 Å². The number of aliphatic hydroxyl groups excluding tert-OH is 1. The molecule has 1 saturated heterocycles. The Bertz CT molecular complexity index is 261. The molecule has 1 aliphatic heterocycles. The van der Waals surface area contributed by atoms with Gasteiger partial charge in [-0.15, -0.1) is 0 Å². The maximum absolute atomic E-state index is 12.5. The maximum atomic E-state index is 12.5. The van der Waals surface area contributed by atoms with Crippen LogP contribution < -0.4 is 0 Å². The van der Waals surface area contributed by atoms with E-state index >= 15 is 0 Å². The molecule has 1 heterocycles. The van der Waals surface area contributed by atoms with Gasteiger partial charge >= 0.3 is 0 Å². The number of amides is 1. The molecular formula is C14H27NO2. The molecule has 1 amide bonds. The minimum absolute atomic E-state index is 0.238. The molecule has 0 spiro atoms. The standard InChI is InChI=1S/C14H27NO2/c1-5-14(3,4)13(17)15-9-7-6-8-12(15)10-11(2)16/h11-12,16H,5-10H2,1-4H3. The van der Waals surface area contributed by atoms with Crippen LogP contribution in [-0.4, -0.2) is 34.6 Å². The summed E-state index contributed by atoms with van der Waals surface area (Å²) in [5.74, 6) is 0.255. The van der Waals surface area contributed by atoms with Crippen molar-refractivity contribution in [2.24, 2.45) is 5.41 Å². The van der Waals surface area contributed by atoms with E-state index in [9.17, 15) is 9.90 Å². The largest absolute Gasteiger partial charge is 0.393 e. The van der Waals surface area contributed by atoms with Gasteiger partial charge in [-0.05, 0) is 39.0 Å². The number of carbonyl (C=O) groups excluding carboxylic acids is 1. The van der Waals surface area contributed by atoms with E-state index in [0.717, 1.165) is 25.8 Å². The van der Waals surface area contributed by atoms with E-state index in [1.807, 2.05) is 25.7 Å². The average Bonchev–Trinajstić information content (AvgIpc) is 2.28. The highest BCUT2D eigenvalue weighted by atomic mass is 16.3. The molecule has 0 aromatic rings. The Hall–Kier alpha value is -0.570. The SMILES string of the molecule is CCC(C)(C)C(=O)N1CCCCC1CC(C)O. The summed E-state index contributed by atoms with van der Waals surface area (Å²) in [6.45, 7) is 8.76. The fraction of sp³-hybridized carbons (Fsp3) is 0.929. The first-order valence-electron chi connectivity index (χ1n) is 6.87. The molecule has 0 aromatic heterocycles. The van der Waals surface area contributed by atoms with Crippen molar-refractivity contribution in [3.8, 4) is 0 Å². The first kappa shape index (κ1) is 14.5. The molecule has 3 heteroatoms. The molecule has 100 valence electrons. The third-order valence-corrected chi connectivity index (χ3v) is 3.96. The summed E-state index contributed by atoms with van der Waals surface area (Å²) in [5, 5.41) is 9.53. The second kappa shape index (κ2) is 5.85. The summed E-state index contributed by atoms with van der Waals surface area (Å²) in [5.41, 5.74) is -0.270. The van der Waals surface area contributed by atoms with E-state index in [4.69, 9.17) is 0 Å². The van der Waals surface area contributed by atoms with Crippen molar-refractivity contribution in [3.05, 3.63) is 0 Å². The van der Waals surface area contributed by atoms with Gasteiger partial charge in [0.1, 0.15) is 0 Å². The average molecular weight is 241 g/mol. The van der Waals surface area contributed by atoms with Crippen molar-refractivity contribution in [2.45, 2.75) is 71.9 Å². The molecule has 3 nitrogen and oxygen atoms in total. The highest BCUT2D eigenvalue weighted by Crippen LogP contribution is 2.29. The summed E-state index contributed by atoms with van der Waals surface area (Å²) in [4.78, 5) is 14.5. The number of hydrogen-bond donors (Lipinski definition) is 1. The Morgan fingerprint density at radius 2 is 2.12 bits per heavy atom. The summed E-state index contributed by atoms with van der Waals surface area (Å²) in [7, 11) is 0. The van der Waals surface area contributed by atoms with Gasteiger partial charge in [0.25, 0.3) is 0 Å². The summed E-state index contributed by atoms with van der Waals surface area (Å²) < 4.78 is 0. The summed E-state index contributed by atoms with van der Waals surface area (Å²) in [6.07, 6.45) is 4.57. The lowest BCUT2D eigenvalue weighted by Crippen LogP contribution is -2.49. The molecule has 1 rings (SSSR count). The third-order valence-electron chi connectivity index (χ3n) is 3.96. The summed E-state index contributed by atoms with van der Waals surface area (Å²) >= 11 is 0. The van der Waals surface area contributed by atoms with E-state index in [1.165, 1.54) is 6.42 Å². The van der Waals surface area contributed by atoms with Gasteiger partial charge in [0, 0.05) is 18.0 Å². The monoisotopic (exact) mass is 241 g/mol. The van der Waals surface area contributed by atoms with Crippen LogP contribution >= 0.6 is 0 Å². The van der Waals surface area contributed by atoms with Crippen LogP contribution in [0.4, 0.5) is 0 Å². The van der Waals surface area contributed by atoms with Crippen LogP contribution in [0.1, 0.15) is 59.8 Å². The van der Waals surface area contributed by atoms with Gasteiger partial charge in [-0.1, -0.05) is 20.8 Å². The highest BCUT2D eigenvalue weighted by Gasteiger charge is 2.35. The molecule has 0 saturated carbocycles. The van der Waals surface area contributed by atoms with Crippen molar-refractivity contribution >= 4 is 5.91 Å². The summed E-state index contributed by atoms with van der Waals surface area (Å²) in [6, 6.07) is 0.238. The molecule has 17 heavy (non-hydrogen) atoms. The molecule has 1 aliphatic rings. The van der Waals surface area contributed by atoms with Crippen LogP contribution in [0.5, 0.6) is 0 Å². The van der Waals surface area contributed by atoms with E-state index in [0.29, 0.717) is 6.42 Å². The van der Waals surface area contributed by atoms with Gasteiger partial charge in [-0.3, -0.25) is 4.79 Å². The number of likely N-dealkylation sites (tertiary alicyclic amines) is 1. The predicted octanol–water partition coefficient (Wildman–Crippen LogP) is 2.57. The second-order valence-electron chi connectivity index (χ2n) is 5.97. The van der Waals surface area contributed by atoms with Crippen molar-refractivity contribution in [1.82, 2.24) is 4.90 Å². The zero-order valence-corrected chi connectivity index (χ0v) is 11.7. The van der Waals surface area contributed by atoms with Gasteiger partial charge in [0.05, 0.1) is 6.10 Å². The van der Waals surface area contributed by atoms with Gasteiger partial charge in [0.2, 0.25) is 5.91 Å². The van der Waals surface area contributed by atoms with Gasteiger partial charge in [-0.2, -0.15) is 0 Å². The molecule has 2 atom stereocenters. The Morgan fingerprint density at radius 3 is 2.65 bits per heavy atom. The molecule has 2 unspecified atom stereocenters. The third kappa shape index (κ3) is 3.70. The zero-order chi connectivity index (χ0) is 13.1. The molecule has 0 radical (unpaired) electrons. The molecule has 1 fully saturated rings. The van der Waals surface area contributed by atoms with Crippen LogP contribution in [0.25, 0.3) is 0 Å². The Morgan fingerprint density at radius 1 is 1.47 bits per heavy atom. The maximum Gasteiger partial charge on any atom is 0.228 e. The van der Waals surface area contributed by atoms with Crippen LogP contribution in [0.15, 0.2) is 0 Å². The Balaban J connectivity index is 2.74. The minimum Gasteiger partial charge on any atom is -0.393 e. The zero-order valence-electron chi connectivity index (χ0n) is 11.7. The smallest absolute Gasteiger partial charge is 0.228 e. The van der Waals surface area contributed by atoms with Gasteiger partial charge < -0.3 is 10.0 Å². The van der Waals surface area contributed by atoms with Crippen molar-refractivity contribution in [3.63, 3.8) is 0 Å².